The van der Waals surface area contributed by atoms with Crippen molar-refractivity contribution in [1.29, 1.82) is 0 Å². The predicted octanol–water partition coefficient (Wildman–Crippen LogP) is 3.84. The van der Waals surface area contributed by atoms with Gasteiger partial charge in [-0.3, -0.25) is 15.1 Å². The monoisotopic (exact) mass is 487 g/mol. The largest absolute Gasteiger partial charge is 0.359 e. The van der Waals surface area contributed by atoms with Crippen LogP contribution in [0.3, 0.4) is 0 Å². The number of nitrogens with one attached hydrogen (secondary N) is 1. The molecule has 0 radical (unpaired) electrons. The maximum Gasteiger partial charge on any atom is 0.261 e. The number of ether oxygens (including phenoxy) is 1. The fourth-order valence-corrected chi connectivity index (χ4v) is 7.08. The van der Waals surface area contributed by atoms with Crippen molar-refractivity contribution < 1.29 is 17.9 Å². The second-order valence-electron chi connectivity index (χ2n) is 8.51. The van der Waals surface area contributed by atoms with E-state index in [9.17, 15) is 13.2 Å². The van der Waals surface area contributed by atoms with Gasteiger partial charge in [-0.15, -0.1) is 0 Å². The first-order chi connectivity index (χ1) is 16.0. The molecule has 0 spiro atoms. The van der Waals surface area contributed by atoms with Gasteiger partial charge in [0.15, 0.2) is 21.1 Å². The van der Waals surface area contributed by atoms with Crippen molar-refractivity contribution >= 4 is 42.6 Å². The van der Waals surface area contributed by atoms with Crippen molar-refractivity contribution in [2.24, 2.45) is 0 Å². The molecule has 3 aromatic rings. The summed E-state index contributed by atoms with van der Waals surface area (Å²) in [5.74, 6) is -0.396. The molecule has 1 amide bonds. The minimum Gasteiger partial charge on any atom is -0.359 e. The Morgan fingerprint density at radius 1 is 1.06 bits per heavy atom. The Bertz CT molecular complexity index is 1200. The number of nitrogens with zero attached hydrogens (tertiary/aromatic N) is 4. The first-order valence-corrected chi connectivity index (χ1v) is 13.6. The third-order valence-electron chi connectivity index (χ3n) is 6.27. The van der Waals surface area contributed by atoms with Crippen molar-refractivity contribution in [3.8, 4) is 0 Å². The van der Waals surface area contributed by atoms with E-state index in [-0.39, 0.29) is 16.2 Å². The van der Waals surface area contributed by atoms with Crippen molar-refractivity contribution in [1.82, 2.24) is 19.9 Å². The topological polar surface area (TPSA) is 124 Å². The minimum absolute atomic E-state index is 0.0364. The molecule has 2 saturated carbocycles. The van der Waals surface area contributed by atoms with Crippen LogP contribution in [-0.4, -0.2) is 45.6 Å². The molecule has 0 bridgehead atoms. The normalized spacial score (nSPS) is 18.7. The average Bonchev–Trinajstić information content (AvgIpc) is 3.59. The molecule has 3 aromatic heterocycles. The highest BCUT2D eigenvalue weighted by Gasteiger charge is 2.32. The molecule has 3 heterocycles. The quantitative estimate of drug-likeness (QED) is 0.533. The second-order valence-corrected chi connectivity index (χ2v) is 11.7. The predicted molar refractivity (Wildman–Crippen MR) is 124 cm³/mol. The van der Waals surface area contributed by atoms with Crippen LogP contribution in [0.1, 0.15) is 63.2 Å². The molecule has 0 saturated heterocycles. The van der Waals surface area contributed by atoms with E-state index in [0.717, 1.165) is 38.5 Å². The zero-order valence-corrected chi connectivity index (χ0v) is 19.6. The van der Waals surface area contributed by atoms with Gasteiger partial charge in [-0.1, -0.05) is 37.0 Å². The number of carbonyl (C=O) groups excluding carboxylic acids is 1. The highest BCUT2D eigenvalue weighted by molar-refractivity contribution is 7.92. The van der Waals surface area contributed by atoms with E-state index >= 15 is 0 Å². The number of hydrogen-bond donors (Lipinski definition) is 1. The highest BCUT2D eigenvalue weighted by Crippen LogP contribution is 2.32. The molecule has 0 aromatic carbocycles. The van der Waals surface area contributed by atoms with Gasteiger partial charge in [0.2, 0.25) is 0 Å². The van der Waals surface area contributed by atoms with Crippen molar-refractivity contribution in [3.05, 3.63) is 36.5 Å². The summed E-state index contributed by atoms with van der Waals surface area (Å²) in [7, 11) is -3.41. The number of carbonyl (C=O) groups is 1. The summed E-state index contributed by atoms with van der Waals surface area (Å²) in [5.41, 5.74) is 0.983. The summed E-state index contributed by atoms with van der Waals surface area (Å²) in [6.45, 7) is 0. The van der Waals surface area contributed by atoms with Crippen LogP contribution in [0.5, 0.6) is 0 Å². The van der Waals surface area contributed by atoms with Gasteiger partial charge in [-0.05, 0) is 37.8 Å². The summed E-state index contributed by atoms with van der Waals surface area (Å²) < 4.78 is 31.9. The Labute approximate surface area is 196 Å². The minimum atomic E-state index is -3.41. The Morgan fingerprint density at radius 3 is 2.52 bits per heavy atom. The standard InChI is InChI=1S/C22H25N5O4S2/c28-20(27-22-26-18-12-23-13-25-21(18)32-22)19(31-14-5-1-2-6-14)17-10-9-16(11-24-17)33(29,30)15-7-3-4-8-15/h9-15,19H,1-8H2,(H,26,27,28). The van der Waals surface area contributed by atoms with Crippen LogP contribution >= 0.6 is 11.3 Å². The number of amides is 1. The van der Waals surface area contributed by atoms with Gasteiger partial charge in [0, 0.05) is 6.20 Å². The fraction of sp³-hybridized carbons (Fsp3) is 0.500. The molecule has 9 nitrogen and oxygen atoms in total. The Kier molecular flexibility index (Phi) is 6.35. The molecular formula is C22H25N5O4S2. The van der Waals surface area contributed by atoms with Crippen LogP contribution in [0.2, 0.25) is 0 Å². The van der Waals surface area contributed by atoms with Crippen LogP contribution in [-0.2, 0) is 19.4 Å². The number of rotatable bonds is 7. The first-order valence-electron chi connectivity index (χ1n) is 11.2. The van der Waals surface area contributed by atoms with E-state index in [1.807, 2.05) is 0 Å². The summed E-state index contributed by atoms with van der Waals surface area (Å²) in [6, 6.07) is 3.13. The van der Waals surface area contributed by atoms with Crippen molar-refractivity contribution in [2.45, 2.75) is 73.7 Å². The van der Waals surface area contributed by atoms with E-state index in [4.69, 9.17) is 4.74 Å². The molecule has 1 N–H and O–H groups in total. The maximum atomic E-state index is 13.2. The molecule has 5 rings (SSSR count). The van der Waals surface area contributed by atoms with Crippen LogP contribution in [0.25, 0.3) is 10.3 Å². The van der Waals surface area contributed by atoms with Crippen molar-refractivity contribution in [3.63, 3.8) is 0 Å². The lowest BCUT2D eigenvalue weighted by Crippen LogP contribution is -2.27. The molecule has 174 valence electrons. The van der Waals surface area contributed by atoms with E-state index in [2.05, 4.69) is 25.3 Å². The van der Waals surface area contributed by atoms with Gasteiger partial charge < -0.3 is 4.74 Å². The van der Waals surface area contributed by atoms with Crippen LogP contribution in [0, 0.1) is 0 Å². The fourth-order valence-electron chi connectivity index (χ4n) is 4.50. The zero-order valence-electron chi connectivity index (χ0n) is 18.0. The molecule has 11 heteroatoms. The van der Waals surface area contributed by atoms with Crippen LogP contribution in [0.4, 0.5) is 5.13 Å². The Hall–Kier alpha value is -2.50. The van der Waals surface area contributed by atoms with E-state index < -0.39 is 21.8 Å². The van der Waals surface area contributed by atoms with E-state index in [0.29, 0.717) is 34.0 Å². The third-order valence-corrected chi connectivity index (χ3v) is 9.41. The number of aromatic nitrogens is 4. The number of thiazole rings is 1. The van der Waals surface area contributed by atoms with Gasteiger partial charge in [0.05, 0.1) is 28.1 Å². The summed E-state index contributed by atoms with van der Waals surface area (Å²) in [5, 5.41) is 2.86. The molecule has 2 aliphatic carbocycles. The number of pyridine rings is 1. The number of anilines is 1. The third kappa shape index (κ3) is 4.75. The zero-order chi connectivity index (χ0) is 22.8. The molecule has 33 heavy (non-hydrogen) atoms. The smallest absolute Gasteiger partial charge is 0.261 e. The summed E-state index contributed by atoms with van der Waals surface area (Å²) in [4.78, 5) is 30.9. The Balaban J connectivity index is 1.38. The summed E-state index contributed by atoms with van der Waals surface area (Å²) >= 11 is 1.25. The number of sulfone groups is 1. The summed E-state index contributed by atoms with van der Waals surface area (Å²) in [6.07, 6.45) is 10.5. The van der Waals surface area contributed by atoms with Gasteiger partial charge in [0.1, 0.15) is 16.7 Å². The van der Waals surface area contributed by atoms with E-state index in [1.54, 1.807) is 18.3 Å². The molecular weight excluding hydrogens is 462 g/mol. The van der Waals surface area contributed by atoms with Crippen LogP contribution < -0.4 is 5.32 Å². The molecule has 1 unspecified atom stereocenters. The lowest BCUT2D eigenvalue weighted by Gasteiger charge is -2.21. The highest BCUT2D eigenvalue weighted by atomic mass is 32.2. The molecule has 2 aliphatic rings. The molecule has 1 atom stereocenters. The van der Waals surface area contributed by atoms with E-state index in [1.165, 1.54) is 23.9 Å². The molecule has 0 aliphatic heterocycles. The Morgan fingerprint density at radius 2 is 1.82 bits per heavy atom. The number of fused-ring (bicyclic) bond motifs is 1. The lowest BCUT2D eigenvalue weighted by atomic mass is 10.2. The van der Waals surface area contributed by atoms with Gasteiger partial charge in [-0.2, -0.15) is 0 Å². The van der Waals surface area contributed by atoms with Crippen LogP contribution in [0.15, 0.2) is 35.7 Å². The average molecular weight is 488 g/mol. The second kappa shape index (κ2) is 9.40. The van der Waals surface area contributed by atoms with Gasteiger partial charge in [-0.25, -0.2) is 23.4 Å². The van der Waals surface area contributed by atoms with Gasteiger partial charge >= 0.3 is 0 Å². The lowest BCUT2D eigenvalue weighted by molar-refractivity contribution is -0.132. The molecule has 2 fully saturated rings. The SMILES string of the molecule is O=C(Nc1nc2cncnc2s1)C(OC1CCCC1)c1ccc(S(=O)(=O)C2CCCC2)cn1. The number of hydrogen-bond acceptors (Lipinski definition) is 9. The first kappa shape index (κ1) is 22.3. The maximum absolute atomic E-state index is 13.2. The van der Waals surface area contributed by atoms with Gasteiger partial charge in [0.25, 0.3) is 5.91 Å². The van der Waals surface area contributed by atoms with Crippen molar-refractivity contribution in [2.75, 3.05) is 5.32 Å².